The molecule has 2 aliphatic rings. The highest BCUT2D eigenvalue weighted by molar-refractivity contribution is 5.95. The number of amides is 1. The van der Waals surface area contributed by atoms with Gasteiger partial charge in [0.1, 0.15) is 6.61 Å². The van der Waals surface area contributed by atoms with Crippen molar-refractivity contribution in [2.24, 2.45) is 17.6 Å². The fraction of sp³-hybridized carbons (Fsp3) is 0.545. The molecule has 1 amide bonds. The molecule has 0 radical (unpaired) electrons. The second-order valence-corrected chi connectivity index (χ2v) is 8.15. The zero-order valence-electron chi connectivity index (χ0n) is 17.3. The van der Waals surface area contributed by atoms with Gasteiger partial charge >= 0.3 is 0 Å². The van der Waals surface area contributed by atoms with Crippen molar-refractivity contribution >= 4 is 18.3 Å². The topological polar surface area (TPSA) is 91.4 Å². The van der Waals surface area contributed by atoms with Crippen molar-refractivity contribution in [2.75, 3.05) is 20.3 Å². The highest BCUT2D eigenvalue weighted by Crippen LogP contribution is 2.40. The van der Waals surface area contributed by atoms with Crippen molar-refractivity contribution in [1.82, 2.24) is 15.1 Å². The first-order chi connectivity index (χ1) is 14.2. The molecule has 0 spiro atoms. The van der Waals surface area contributed by atoms with Crippen LogP contribution in [0.2, 0.25) is 0 Å². The van der Waals surface area contributed by atoms with Gasteiger partial charge in [-0.25, -0.2) is 4.68 Å². The molecule has 2 unspecified atom stereocenters. The van der Waals surface area contributed by atoms with E-state index in [0.29, 0.717) is 36.5 Å². The van der Waals surface area contributed by atoms with E-state index >= 15 is 0 Å². The van der Waals surface area contributed by atoms with E-state index in [4.69, 9.17) is 15.2 Å². The van der Waals surface area contributed by atoms with E-state index in [1.807, 2.05) is 30.3 Å². The van der Waals surface area contributed by atoms with E-state index in [-0.39, 0.29) is 30.4 Å². The lowest BCUT2D eigenvalue weighted by Gasteiger charge is -2.45. The smallest absolute Gasteiger partial charge is 0.275 e. The number of rotatable bonds is 7. The van der Waals surface area contributed by atoms with Crippen LogP contribution >= 0.6 is 12.4 Å². The highest BCUT2D eigenvalue weighted by atomic mass is 35.5. The minimum atomic E-state index is -0.176. The Labute approximate surface area is 183 Å². The molecule has 1 aromatic heterocycles. The van der Waals surface area contributed by atoms with Gasteiger partial charge in [-0.15, -0.1) is 12.4 Å². The number of ether oxygens (including phenoxy) is 2. The summed E-state index contributed by atoms with van der Waals surface area (Å²) in [7, 11) is 1.62. The van der Waals surface area contributed by atoms with Gasteiger partial charge in [-0.3, -0.25) is 4.79 Å². The van der Waals surface area contributed by atoms with E-state index in [1.54, 1.807) is 18.0 Å². The van der Waals surface area contributed by atoms with Crippen LogP contribution in [0.3, 0.4) is 0 Å². The number of fused-ring (bicyclic) bond motifs is 2. The Morgan fingerprint density at radius 1 is 1.20 bits per heavy atom. The molecular weight excluding hydrogens is 404 g/mol. The first-order valence-electron chi connectivity index (χ1n) is 10.5. The predicted molar refractivity (Wildman–Crippen MR) is 117 cm³/mol. The van der Waals surface area contributed by atoms with Crippen molar-refractivity contribution < 1.29 is 14.3 Å². The normalized spacial score (nSPS) is 25.3. The van der Waals surface area contributed by atoms with Gasteiger partial charge in [-0.05, 0) is 49.7 Å². The molecule has 8 heteroatoms. The second kappa shape index (κ2) is 10.3. The number of nitrogens with two attached hydrogens (primary N) is 1. The van der Waals surface area contributed by atoms with Gasteiger partial charge in [0.05, 0.1) is 18.5 Å². The lowest BCUT2D eigenvalue weighted by Crippen LogP contribution is -2.53. The Morgan fingerprint density at radius 3 is 2.57 bits per heavy atom. The molecule has 0 saturated heterocycles. The average molecular weight is 435 g/mol. The molecule has 164 valence electrons. The van der Waals surface area contributed by atoms with E-state index in [2.05, 4.69) is 10.4 Å². The molecule has 2 bridgehead atoms. The summed E-state index contributed by atoms with van der Waals surface area (Å²) in [5.41, 5.74) is 7.42. The van der Waals surface area contributed by atoms with Crippen molar-refractivity contribution in [1.29, 1.82) is 0 Å². The zero-order valence-corrected chi connectivity index (χ0v) is 18.1. The fourth-order valence-corrected chi connectivity index (χ4v) is 4.81. The van der Waals surface area contributed by atoms with Crippen LogP contribution in [-0.4, -0.2) is 48.1 Å². The van der Waals surface area contributed by atoms with Gasteiger partial charge in [0, 0.05) is 19.2 Å². The highest BCUT2D eigenvalue weighted by Gasteiger charge is 2.40. The van der Waals surface area contributed by atoms with E-state index in [0.717, 1.165) is 31.4 Å². The summed E-state index contributed by atoms with van der Waals surface area (Å²) in [5, 5.41) is 7.82. The molecule has 2 fully saturated rings. The molecule has 30 heavy (non-hydrogen) atoms. The maximum Gasteiger partial charge on any atom is 0.275 e. The van der Waals surface area contributed by atoms with Crippen molar-refractivity contribution in [2.45, 2.75) is 44.2 Å². The zero-order chi connectivity index (χ0) is 20.2. The number of methoxy groups -OCH3 is 1. The molecule has 4 rings (SSSR count). The lowest BCUT2D eigenvalue weighted by molar-refractivity contribution is 0.0746. The molecule has 1 aromatic carbocycles. The maximum absolute atomic E-state index is 13.2. The van der Waals surface area contributed by atoms with Gasteiger partial charge in [-0.1, -0.05) is 24.6 Å². The molecule has 2 saturated carbocycles. The van der Waals surface area contributed by atoms with Crippen molar-refractivity contribution in [3.63, 3.8) is 0 Å². The van der Waals surface area contributed by atoms with E-state index in [9.17, 15) is 4.79 Å². The third kappa shape index (κ3) is 4.96. The van der Waals surface area contributed by atoms with Gasteiger partial charge in [0.25, 0.3) is 5.91 Å². The SMILES string of the molecule is COCCOc1cn(-c2ccccc2)nc1C(=O)NC1C2CCCC1CC(N)C2.Cl. The molecule has 1 heterocycles. The Balaban J connectivity index is 0.00000256. The molecular formula is C22H31ClN4O3. The van der Waals surface area contributed by atoms with Gasteiger partial charge in [-0.2, -0.15) is 5.10 Å². The Bertz CT molecular complexity index is 815. The Hall–Kier alpha value is -2.09. The summed E-state index contributed by atoms with van der Waals surface area (Å²) in [6, 6.07) is 10.1. The number of para-hydroxylation sites is 1. The lowest BCUT2D eigenvalue weighted by atomic mass is 9.67. The quantitative estimate of drug-likeness (QED) is 0.653. The molecule has 3 N–H and O–H groups in total. The molecule has 7 nitrogen and oxygen atoms in total. The van der Waals surface area contributed by atoms with Crippen LogP contribution < -0.4 is 15.8 Å². The number of nitrogens with one attached hydrogen (secondary N) is 1. The van der Waals surface area contributed by atoms with Crippen LogP contribution in [0.15, 0.2) is 36.5 Å². The average Bonchev–Trinajstić information content (AvgIpc) is 3.14. The molecule has 2 aliphatic carbocycles. The summed E-state index contributed by atoms with van der Waals surface area (Å²) in [4.78, 5) is 13.2. The predicted octanol–water partition coefficient (Wildman–Crippen LogP) is 2.96. The number of benzene rings is 1. The minimum absolute atomic E-state index is 0. The van der Waals surface area contributed by atoms with Crippen molar-refractivity contribution in [3.8, 4) is 11.4 Å². The number of aromatic nitrogens is 2. The number of carbonyl (C=O) groups excluding carboxylic acids is 1. The molecule has 2 aromatic rings. The monoisotopic (exact) mass is 434 g/mol. The number of carbonyl (C=O) groups is 1. The summed E-state index contributed by atoms with van der Waals surface area (Å²) in [6.07, 6.45) is 7.21. The van der Waals surface area contributed by atoms with Crippen LogP contribution in [0, 0.1) is 11.8 Å². The largest absolute Gasteiger partial charge is 0.487 e. The molecule has 2 atom stereocenters. The standard InChI is InChI=1S/C22H30N4O3.ClH/c1-28-10-11-29-19-14-26(18-8-3-2-4-9-18)25-21(19)22(27)24-20-15-6-5-7-16(20)13-17(23)12-15;/h2-4,8-9,14-17,20H,5-7,10-13,23H2,1H3,(H,24,27);1H. The van der Waals surface area contributed by atoms with Crippen LogP contribution in [0.1, 0.15) is 42.6 Å². The van der Waals surface area contributed by atoms with Crippen LogP contribution in [0.4, 0.5) is 0 Å². The van der Waals surface area contributed by atoms with Crippen molar-refractivity contribution in [3.05, 3.63) is 42.2 Å². The maximum atomic E-state index is 13.2. The second-order valence-electron chi connectivity index (χ2n) is 8.15. The first-order valence-corrected chi connectivity index (χ1v) is 10.5. The van der Waals surface area contributed by atoms with Gasteiger partial charge in [0.15, 0.2) is 11.4 Å². The summed E-state index contributed by atoms with van der Waals surface area (Å²) in [6.45, 7) is 0.809. The van der Waals surface area contributed by atoms with Crippen LogP contribution in [0.5, 0.6) is 5.75 Å². The number of halogens is 1. The van der Waals surface area contributed by atoms with E-state index < -0.39 is 0 Å². The summed E-state index contributed by atoms with van der Waals surface area (Å²) >= 11 is 0. The van der Waals surface area contributed by atoms with Gasteiger partial charge < -0.3 is 20.5 Å². The summed E-state index contributed by atoms with van der Waals surface area (Å²) in [5.74, 6) is 1.21. The Morgan fingerprint density at radius 2 is 1.90 bits per heavy atom. The fourth-order valence-electron chi connectivity index (χ4n) is 4.81. The van der Waals surface area contributed by atoms with Gasteiger partial charge in [0.2, 0.25) is 0 Å². The number of hydrogen-bond donors (Lipinski definition) is 2. The van der Waals surface area contributed by atoms with Crippen LogP contribution in [0.25, 0.3) is 5.69 Å². The Kier molecular flexibility index (Phi) is 7.75. The number of nitrogens with zero attached hydrogens (tertiary/aromatic N) is 2. The van der Waals surface area contributed by atoms with E-state index in [1.165, 1.54) is 6.42 Å². The summed E-state index contributed by atoms with van der Waals surface area (Å²) < 4.78 is 12.6. The van der Waals surface area contributed by atoms with Crippen LogP contribution in [-0.2, 0) is 4.74 Å². The molecule has 0 aliphatic heterocycles. The third-order valence-electron chi connectivity index (χ3n) is 6.14. The first kappa shape index (κ1) is 22.6. The number of hydrogen-bond acceptors (Lipinski definition) is 5. The minimum Gasteiger partial charge on any atom is -0.487 e. The third-order valence-corrected chi connectivity index (χ3v) is 6.14.